The summed E-state index contributed by atoms with van der Waals surface area (Å²) in [5.41, 5.74) is 5.82. The molecule has 1 rings (SSSR count). The maximum Gasteiger partial charge on any atom is 0.139 e. The van der Waals surface area contributed by atoms with Crippen molar-refractivity contribution in [3.63, 3.8) is 0 Å². The summed E-state index contributed by atoms with van der Waals surface area (Å²) in [6.45, 7) is 3.20. The van der Waals surface area contributed by atoms with Gasteiger partial charge in [-0.3, -0.25) is 0 Å². The van der Waals surface area contributed by atoms with E-state index in [1.807, 2.05) is 11.8 Å². The maximum absolute atomic E-state index is 8.56. The van der Waals surface area contributed by atoms with Gasteiger partial charge in [-0.25, -0.2) is 0 Å². The summed E-state index contributed by atoms with van der Waals surface area (Å²) in [5.74, 6) is 1.55. The molecule has 1 fully saturated rings. The fraction of sp³-hybridized carbons (Fsp3) is 0.909. The number of oxime groups is 1. The molecule has 0 aromatic rings. The fourth-order valence-corrected chi connectivity index (χ4v) is 2.39. The SMILES string of the molecule is CSCCC(C)NCC1(CC(N)=NO)CC1. The Labute approximate surface area is 102 Å². The molecule has 4 nitrogen and oxygen atoms in total. The number of amidine groups is 1. The summed E-state index contributed by atoms with van der Waals surface area (Å²) in [6, 6.07) is 0.553. The number of nitrogens with two attached hydrogens (primary N) is 1. The molecule has 1 aliphatic carbocycles. The minimum absolute atomic E-state index is 0.268. The lowest BCUT2D eigenvalue weighted by molar-refractivity contribution is 0.313. The van der Waals surface area contributed by atoms with Gasteiger partial charge in [0.2, 0.25) is 0 Å². The molecule has 0 heterocycles. The molecule has 1 aliphatic rings. The van der Waals surface area contributed by atoms with E-state index in [1.54, 1.807) is 0 Å². The van der Waals surface area contributed by atoms with Gasteiger partial charge in [0.1, 0.15) is 5.84 Å². The van der Waals surface area contributed by atoms with Gasteiger partial charge < -0.3 is 16.3 Å². The zero-order valence-electron chi connectivity index (χ0n) is 10.2. The first kappa shape index (κ1) is 13.6. The van der Waals surface area contributed by atoms with Crippen LogP contribution in [0.25, 0.3) is 0 Å². The van der Waals surface area contributed by atoms with Gasteiger partial charge in [-0.05, 0) is 43.6 Å². The number of hydrogen-bond donors (Lipinski definition) is 3. The summed E-state index contributed by atoms with van der Waals surface area (Å²) in [6.07, 6.45) is 6.41. The van der Waals surface area contributed by atoms with Crippen molar-refractivity contribution >= 4 is 17.6 Å². The van der Waals surface area contributed by atoms with Crippen LogP contribution in [-0.2, 0) is 0 Å². The average molecular weight is 245 g/mol. The molecular formula is C11H23N3OS. The van der Waals surface area contributed by atoms with Crippen LogP contribution < -0.4 is 11.1 Å². The number of thioether (sulfide) groups is 1. The molecule has 0 radical (unpaired) electrons. The predicted molar refractivity (Wildman–Crippen MR) is 70.2 cm³/mol. The van der Waals surface area contributed by atoms with Gasteiger partial charge in [0, 0.05) is 19.0 Å². The normalized spacial score (nSPS) is 20.8. The van der Waals surface area contributed by atoms with E-state index in [4.69, 9.17) is 10.9 Å². The Kier molecular flexibility index (Phi) is 5.41. The number of nitrogens with zero attached hydrogens (tertiary/aromatic N) is 1. The predicted octanol–water partition coefficient (Wildman–Crippen LogP) is 1.63. The fourth-order valence-electron chi connectivity index (χ4n) is 1.80. The minimum atomic E-state index is 0.268. The Hall–Kier alpha value is -0.420. The zero-order chi connectivity index (χ0) is 12.0. The van der Waals surface area contributed by atoms with E-state index in [0.717, 1.165) is 6.54 Å². The quantitative estimate of drug-likeness (QED) is 0.263. The molecule has 0 aromatic heterocycles. The molecule has 0 aliphatic heterocycles. The number of nitrogens with one attached hydrogen (secondary N) is 1. The Morgan fingerprint density at radius 3 is 2.81 bits per heavy atom. The van der Waals surface area contributed by atoms with E-state index >= 15 is 0 Å². The van der Waals surface area contributed by atoms with Gasteiger partial charge in [0.25, 0.3) is 0 Å². The first-order chi connectivity index (χ1) is 7.62. The van der Waals surface area contributed by atoms with Crippen molar-refractivity contribution in [3.8, 4) is 0 Å². The summed E-state index contributed by atoms with van der Waals surface area (Å²) in [7, 11) is 0. The van der Waals surface area contributed by atoms with Gasteiger partial charge in [0.05, 0.1) is 0 Å². The van der Waals surface area contributed by atoms with E-state index in [9.17, 15) is 0 Å². The Balaban J connectivity index is 2.21. The molecule has 16 heavy (non-hydrogen) atoms. The summed E-state index contributed by atoms with van der Waals surface area (Å²) in [5, 5.41) is 15.2. The van der Waals surface area contributed by atoms with Crippen molar-refractivity contribution in [1.29, 1.82) is 0 Å². The molecule has 0 spiro atoms. The number of hydrogen-bond acceptors (Lipinski definition) is 4. The lowest BCUT2D eigenvalue weighted by Gasteiger charge is -2.19. The molecule has 5 heteroatoms. The van der Waals surface area contributed by atoms with Crippen LogP contribution in [0.1, 0.15) is 32.6 Å². The molecule has 0 aromatic carbocycles. The molecule has 1 unspecified atom stereocenters. The molecule has 1 saturated carbocycles. The second-order valence-electron chi connectivity index (χ2n) is 4.83. The lowest BCUT2D eigenvalue weighted by Crippen LogP contribution is -2.34. The minimum Gasteiger partial charge on any atom is -0.409 e. The van der Waals surface area contributed by atoms with Gasteiger partial charge in [0.15, 0.2) is 0 Å². The third-order valence-corrected chi connectivity index (χ3v) is 3.87. The second kappa shape index (κ2) is 6.35. The topological polar surface area (TPSA) is 70.6 Å². The first-order valence-corrected chi connectivity index (χ1v) is 7.20. The molecule has 0 amide bonds. The highest BCUT2D eigenvalue weighted by atomic mass is 32.2. The number of rotatable bonds is 8. The summed E-state index contributed by atoms with van der Waals surface area (Å²) < 4.78 is 0. The van der Waals surface area contributed by atoms with Crippen LogP contribution in [0.15, 0.2) is 5.16 Å². The monoisotopic (exact) mass is 245 g/mol. The molecule has 0 saturated heterocycles. The Morgan fingerprint density at radius 2 is 2.31 bits per heavy atom. The van der Waals surface area contributed by atoms with Crippen molar-refractivity contribution in [2.24, 2.45) is 16.3 Å². The van der Waals surface area contributed by atoms with Crippen molar-refractivity contribution in [1.82, 2.24) is 5.32 Å². The van der Waals surface area contributed by atoms with Crippen LogP contribution in [0.2, 0.25) is 0 Å². The molecule has 4 N–H and O–H groups in total. The average Bonchev–Trinajstić information content (AvgIpc) is 3.04. The molecule has 0 bridgehead atoms. The lowest BCUT2D eigenvalue weighted by atomic mass is 10.0. The first-order valence-electron chi connectivity index (χ1n) is 5.80. The van der Waals surface area contributed by atoms with Crippen LogP contribution in [0.4, 0.5) is 0 Å². The van der Waals surface area contributed by atoms with Crippen molar-refractivity contribution in [3.05, 3.63) is 0 Å². The summed E-state index contributed by atoms with van der Waals surface area (Å²) in [4.78, 5) is 0. The highest BCUT2D eigenvalue weighted by Gasteiger charge is 2.43. The molecule has 94 valence electrons. The van der Waals surface area contributed by atoms with E-state index in [0.29, 0.717) is 18.3 Å². The maximum atomic E-state index is 8.56. The molecule has 1 atom stereocenters. The van der Waals surface area contributed by atoms with Crippen molar-refractivity contribution in [2.45, 2.75) is 38.6 Å². The third kappa shape index (κ3) is 4.61. The largest absolute Gasteiger partial charge is 0.409 e. The van der Waals surface area contributed by atoms with E-state index in [2.05, 4.69) is 23.7 Å². The smallest absolute Gasteiger partial charge is 0.139 e. The van der Waals surface area contributed by atoms with Crippen LogP contribution >= 0.6 is 11.8 Å². The van der Waals surface area contributed by atoms with Crippen molar-refractivity contribution < 1.29 is 5.21 Å². The molecular weight excluding hydrogens is 222 g/mol. The zero-order valence-corrected chi connectivity index (χ0v) is 11.0. The van der Waals surface area contributed by atoms with Crippen LogP contribution in [0.5, 0.6) is 0 Å². The Bertz CT molecular complexity index is 241. The summed E-state index contributed by atoms with van der Waals surface area (Å²) >= 11 is 1.88. The van der Waals surface area contributed by atoms with Gasteiger partial charge in [-0.15, -0.1) is 0 Å². The second-order valence-corrected chi connectivity index (χ2v) is 5.82. The van der Waals surface area contributed by atoms with E-state index in [1.165, 1.54) is 25.0 Å². The van der Waals surface area contributed by atoms with Crippen LogP contribution in [-0.4, -0.2) is 35.6 Å². The third-order valence-electron chi connectivity index (χ3n) is 3.22. The van der Waals surface area contributed by atoms with Gasteiger partial charge >= 0.3 is 0 Å². The van der Waals surface area contributed by atoms with E-state index < -0.39 is 0 Å². The standard InChI is InChI=1S/C11H23N3OS/c1-9(3-6-16-2)13-8-11(4-5-11)7-10(12)14-15/h9,13,15H,3-8H2,1-2H3,(H2,12,14). The highest BCUT2D eigenvalue weighted by Crippen LogP contribution is 2.48. The van der Waals surface area contributed by atoms with Crippen LogP contribution in [0, 0.1) is 5.41 Å². The van der Waals surface area contributed by atoms with Gasteiger partial charge in [-0.2, -0.15) is 11.8 Å². The van der Waals surface area contributed by atoms with E-state index in [-0.39, 0.29) is 5.41 Å². The highest BCUT2D eigenvalue weighted by molar-refractivity contribution is 7.98. The van der Waals surface area contributed by atoms with Gasteiger partial charge in [-0.1, -0.05) is 5.16 Å². The van der Waals surface area contributed by atoms with Crippen LogP contribution in [0.3, 0.4) is 0 Å². The Morgan fingerprint density at radius 1 is 1.62 bits per heavy atom. The van der Waals surface area contributed by atoms with Crippen molar-refractivity contribution in [2.75, 3.05) is 18.6 Å².